The van der Waals surface area contributed by atoms with E-state index < -0.39 is 29.0 Å². The van der Waals surface area contributed by atoms with E-state index in [4.69, 9.17) is 4.74 Å². The zero-order valence-corrected chi connectivity index (χ0v) is 11.3. The Labute approximate surface area is 119 Å². The summed E-state index contributed by atoms with van der Waals surface area (Å²) in [7, 11) is 0. The molecular weight excluding hydrogens is 289 g/mol. The molecule has 0 spiro atoms. The highest BCUT2D eigenvalue weighted by atomic mass is 19.4. The number of carbonyl (C=O) groups excluding carboxylic acids is 1. The van der Waals surface area contributed by atoms with Crippen molar-refractivity contribution in [2.24, 2.45) is 0 Å². The molecule has 21 heavy (non-hydrogen) atoms. The molecule has 116 valence electrons. The first-order chi connectivity index (χ1) is 9.70. The predicted octanol–water partition coefficient (Wildman–Crippen LogP) is 1.73. The van der Waals surface area contributed by atoms with Gasteiger partial charge in [-0.3, -0.25) is 4.79 Å². The first-order valence-corrected chi connectivity index (χ1v) is 6.24. The van der Waals surface area contributed by atoms with Gasteiger partial charge in [0, 0.05) is 13.1 Å². The fourth-order valence-corrected chi connectivity index (χ4v) is 1.82. The Morgan fingerprint density at radius 2 is 2.14 bits per heavy atom. The molecule has 1 saturated heterocycles. The zero-order valence-electron chi connectivity index (χ0n) is 11.3. The number of amides is 1. The number of hydrogen-bond acceptors (Lipinski definition) is 4. The zero-order chi connectivity index (χ0) is 15.7. The average molecular weight is 304 g/mol. The van der Waals surface area contributed by atoms with E-state index >= 15 is 0 Å². The van der Waals surface area contributed by atoms with E-state index in [2.05, 4.69) is 10.6 Å². The van der Waals surface area contributed by atoms with Crippen molar-refractivity contribution in [2.45, 2.75) is 18.7 Å². The van der Waals surface area contributed by atoms with Gasteiger partial charge in [0.1, 0.15) is 12.4 Å². The lowest BCUT2D eigenvalue weighted by Gasteiger charge is -2.38. The highest BCUT2D eigenvalue weighted by molar-refractivity contribution is 5.93. The van der Waals surface area contributed by atoms with Gasteiger partial charge in [-0.1, -0.05) is 0 Å². The largest absolute Gasteiger partial charge is 0.506 e. The summed E-state index contributed by atoms with van der Waals surface area (Å²) in [6.45, 7) is 2.73. The van der Waals surface area contributed by atoms with E-state index in [0.717, 1.165) is 12.1 Å². The Hall–Kier alpha value is -1.80. The summed E-state index contributed by atoms with van der Waals surface area (Å²) >= 11 is 0. The summed E-state index contributed by atoms with van der Waals surface area (Å²) in [6, 6.07) is 2.30. The number of alkyl halides is 3. The third kappa shape index (κ3) is 3.85. The molecular formula is C13H15F3N2O3. The predicted molar refractivity (Wildman–Crippen MR) is 69.0 cm³/mol. The van der Waals surface area contributed by atoms with Crippen molar-refractivity contribution in [1.29, 1.82) is 0 Å². The number of hydrogen-bond donors (Lipinski definition) is 3. The standard InChI is InChI=1S/C13H15F3N2O3/c1-12(6-17-7-12)21-5-11(20)18-9-4-8(13(14,15)16)2-3-10(9)19/h2-4,17,19H,5-7H2,1H3,(H,18,20). The summed E-state index contributed by atoms with van der Waals surface area (Å²) in [4.78, 5) is 11.7. The summed E-state index contributed by atoms with van der Waals surface area (Å²) in [6.07, 6.45) is -4.55. The van der Waals surface area contributed by atoms with Crippen molar-refractivity contribution < 1.29 is 27.8 Å². The lowest BCUT2D eigenvalue weighted by Crippen LogP contribution is -2.59. The highest BCUT2D eigenvalue weighted by Crippen LogP contribution is 2.34. The van der Waals surface area contributed by atoms with Gasteiger partial charge in [0.2, 0.25) is 0 Å². The molecule has 0 radical (unpaired) electrons. The fourth-order valence-electron chi connectivity index (χ4n) is 1.82. The summed E-state index contributed by atoms with van der Waals surface area (Å²) in [5.74, 6) is -1.06. The van der Waals surface area contributed by atoms with Gasteiger partial charge in [0.25, 0.3) is 5.91 Å². The van der Waals surface area contributed by atoms with Gasteiger partial charge >= 0.3 is 6.18 Å². The van der Waals surface area contributed by atoms with Gasteiger partial charge in [-0.15, -0.1) is 0 Å². The maximum atomic E-state index is 12.6. The molecule has 0 unspecified atom stereocenters. The van der Waals surface area contributed by atoms with Crippen LogP contribution >= 0.6 is 0 Å². The number of aromatic hydroxyl groups is 1. The Bertz CT molecular complexity index is 542. The SMILES string of the molecule is CC1(OCC(=O)Nc2cc(C(F)(F)F)ccc2O)CNC1. The minimum Gasteiger partial charge on any atom is -0.506 e. The van der Waals surface area contributed by atoms with Crippen LogP contribution in [0.3, 0.4) is 0 Å². The quantitative estimate of drug-likeness (QED) is 0.741. The maximum absolute atomic E-state index is 12.6. The monoisotopic (exact) mass is 304 g/mol. The van der Waals surface area contributed by atoms with E-state index in [-0.39, 0.29) is 12.3 Å². The van der Waals surface area contributed by atoms with Crippen LogP contribution in [0.25, 0.3) is 0 Å². The summed E-state index contributed by atoms with van der Waals surface area (Å²) in [5, 5.41) is 14.7. The molecule has 1 aromatic rings. The van der Waals surface area contributed by atoms with Gasteiger partial charge in [-0.2, -0.15) is 13.2 Å². The van der Waals surface area contributed by atoms with Crippen LogP contribution in [0, 0.1) is 0 Å². The topological polar surface area (TPSA) is 70.6 Å². The van der Waals surface area contributed by atoms with Crippen molar-refractivity contribution in [3.8, 4) is 5.75 Å². The van der Waals surface area contributed by atoms with E-state index in [9.17, 15) is 23.1 Å². The number of carbonyl (C=O) groups is 1. The highest BCUT2D eigenvalue weighted by Gasteiger charge is 2.33. The molecule has 1 amide bonds. The van der Waals surface area contributed by atoms with Gasteiger partial charge in [0.05, 0.1) is 16.9 Å². The van der Waals surface area contributed by atoms with Gasteiger partial charge < -0.3 is 20.5 Å². The van der Waals surface area contributed by atoms with Gasteiger partial charge in [-0.05, 0) is 25.1 Å². The van der Waals surface area contributed by atoms with E-state index in [1.165, 1.54) is 0 Å². The third-order valence-corrected chi connectivity index (χ3v) is 3.15. The normalized spacial score (nSPS) is 17.1. The molecule has 5 nitrogen and oxygen atoms in total. The van der Waals surface area contributed by atoms with Crippen molar-refractivity contribution in [3.63, 3.8) is 0 Å². The second-order valence-electron chi connectivity index (χ2n) is 5.12. The molecule has 3 N–H and O–H groups in total. The Kier molecular flexibility index (Phi) is 4.11. The molecule has 1 fully saturated rings. The molecule has 1 aliphatic heterocycles. The molecule has 0 saturated carbocycles. The fraction of sp³-hybridized carbons (Fsp3) is 0.462. The smallest absolute Gasteiger partial charge is 0.416 e. The van der Waals surface area contributed by atoms with Crippen LogP contribution in [0.15, 0.2) is 18.2 Å². The number of phenolic OH excluding ortho intramolecular Hbond substituents is 1. The number of rotatable bonds is 4. The van der Waals surface area contributed by atoms with Gasteiger partial charge in [0.15, 0.2) is 0 Å². The van der Waals surface area contributed by atoms with Crippen LogP contribution in [0.4, 0.5) is 18.9 Å². The second kappa shape index (κ2) is 5.53. The van der Waals surface area contributed by atoms with E-state index in [1.807, 2.05) is 6.92 Å². The molecule has 0 atom stereocenters. The lowest BCUT2D eigenvalue weighted by molar-refractivity contribution is -0.137. The first kappa shape index (κ1) is 15.6. The van der Waals surface area contributed by atoms with Crippen molar-refractivity contribution in [1.82, 2.24) is 5.32 Å². The Morgan fingerprint density at radius 1 is 1.48 bits per heavy atom. The minimum absolute atomic E-state index is 0.296. The number of phenols is 1. The van der Waals surface area contributed by atoms with Crippen LogP contribution in [-0.4, -0.2) is 36.3 Å². The van der Waals surface area contributed by atoms with E-state index in [1.54, 1.807) is 0 Å². The number of halogens is 3. The first-order valence-electron chi connectivity index (χ1n) is 6.24. The third-order valence-electron chi connectivity index (χ3n) is 3.15. The molecule has 0 aromatic heterocycles. The van der Waals surface area contributed by atoms with Crippen LogP contribution in [0.2, 0.25) is 0 Å². The second-order valence-corrected chi connectivity index (χ2v) is 5.12. The van der Waals surface area contributed by atoms with E-state index in [0.29, 0.717) is 19.2 Å². The number of nitrogens with one attached hydrogen (secondary N) is 2. The minimum atomic E-state index is -4.55. The maximum Gasteiger partial charge on any atom is 0.416 e. The molecule has 0 bridgehead atoms. The molecule has 0 aliphatic carbocycles. The van der Waals surface area contributed by atoms with Crippen LogP contribution < -0.4 is 10.6 Å². The molecule has 1 aliphatic rings. The Morgan fingerprint density at radius 3 is 2.67 bits per heavy atom. The molecule has 1 heterocycles. The number of ether oxygens (including phenoxy) is 1. The average Bonchev–Trinajstić information content (AvgIpc) is 2.35. The van der Waals surface area contributed by atoms with Crippen LogP contribution in [0.1, 0.15) is 12.5 Å². The molecule has 2 rings (SSSR count). The van der Waals surface area contributed by atoms with Crippen molar-refractivity contribution in [3.05, 3.63) is 23.8 Å². The number of benzene rings is 1. The summed E-state index contributed by atoms with van der Waals surface area (Å²) in [5.41, 5.74) is -1.69. The molecule has 1 aromatic carbocycles. The summed E-state index contributed by atoms with van der Waals surface area (Å²) < 4.78 is 43.1. The molecule has 8 heteroatoms. The van der Waals surface area contributed by atoms with Gasteiger partial charge in [-0.25, -0.2) is 0 Å². The van der Waals surface area contributed by atoms with Crippen LogP contribution in [0.5, 0.6) is 5.75 Å². The number of anilines is 1. The Balaban J connectivity index is 1.99. The lowest BCUT2D eigenvalue weighted by atomic mass is 10.0. The van der Waals surface area contributed by atoms with Crippen molar-refractivity contribution in [2.75, 3.05) is 25.0 Å². The van der Waals surface area contributed by atoms with Crippen molar-refractivity contribution >= 4 is 11.6 Å². The van der Waals surface area contributed by atoms with Crippen LogP contribution in [-0.2, 0) is 15.7 Å².